The SMILES string of the molecule is Clc1cccc(Cl)c1C1C(Cl)CCCC1Cl. The minimum Gasteiger partial charge on any atom is -0.122 e. The fraction of sp³-hybridized carbons (Fsp3) is 0.500. The fourth-order valence-corrected chi connectivity index (χ4v) is 3.92. The number of alkyl halides is 2. The van der Waals surface area contributed by atoms with Crippen LogP contribution in [0, 0.1) is 0 Å². The molecule has 0 N–H and O–H groups in total. The summed E-state index contributed by atoms with van der Waals surface area (Å²) < 4.78 is 0. The van der Waals surface area contributed by atoms with Crippen molar-refractivity contribution in [1.29, 1.82) is 0 Å². The number of halogens is 4. The molecule has 1 saturated carbocycles. The lowest BCUT2D eigenvalue weighted by Crippen LogP contribution is -2.28. The molecule has 88 valence electrons. The average molecular weight is 298 g/mol. The van der Waals surface area contributed by atoms with Gasteiger partial charge in [-0.05, 0) is 30.5 Å². The summed E-state index contributed by atoms with van der Waals surface area (Å²) in [4.78, 5) is 0. The zero-order valence-electron chi connectivity index (χ0n) is 8.60. The van der Waals surface area contributed by atoms with Crippen molar-refractivity contribution in [2.75, 3.05) is 0 Å². The van der Waals surface area contributed by atoms with Crippen molar-refractivity contribution in [3.05, 3.63) is 33.8 Å². The summed E-state index contributed by atoms with van der Waals surface area (Å²) in [7, 11) is 0. The van der Waals surface area contributed by atoms with Crippen LogP contribution in [0.5, 0.6) is 0 Å². The van der Waals surface area contributed by atoms with Crippen LogP contribution in [0.15, 0.2) is 18.2 Å². The minimum atomic E-state index is 0.0219. The van der Waals surface area contributed by atoms with Crippen molar-refractivity contribution in [1.82, 2.24) is 0 Å². The highest BCUT2D eigenvalue weighted by molar-refractivity contribution is 6.36. The number of benzene rings is 1. The molecule has 16 heavy (non-hydrogen) atoms. The molecule has 1 aliphatic carbocycles. The van der Waals surface area contributed by atoms with E-state index < -0.39 is 0 Å². The van der Waals surface area contributed by atoms with Gasteiger partial charge in [0.1, 0.15) is 0 Å². The van der Waals surface area contributed by atoms with Crippen LogP contribution in [0.4, 0.5) is 0 Å². The fourth-order valence-electron chi connectivity index (χ4n) is 2.28. The van der Waals surface area contributed by atoms with Gasteiger partial charge in [0, 0.05) is 26.7 Å². The summed E-state index contributed by atoms with van der Waals surface area (Å²) in [5.74, 6) is 0.0540. The topological polar surface area (TPSA) is 0 Å². The van der Waals surface area contributed by atoms with E-state index in [1.807, 2.05) is 18.2 Å². The molecule has 1 fully saturated rings. The standard InChI is InChI=1S/C12H12Cl4/c13-7-3-1-4-8(14)11(7)12-9(15)5-2-6-10(12)16/h1,3-4,9-10,12H,2,5-6H2. The molecule has 0 saturated heterocycles. The monoisotopic (exact) mass is 296 g/mol. The van der Waals surface area contributed by atoms with Crippen molar-refractivity contribution in [3.63, 3.8) is 0 Å². The van der Waals surface area contributed by atoms with E-state index in [2.05, 4.69) is 0 Å². The third-order valence-electron chi connectivity index (χ3n) is 3.07. The van der Waals surface area contributed by atoms with E-state index >= 15 is 0 Å². The maximum absolute atomic E-state index is 6.35. The molecule has 1 aromatic carbocycles. The molecule has 0 nitrogen and oxygen atoms in total. The Kier molecular flexibility index (Phi) is 4.29. The van der Waals surface area contributed by atoms with Crippen molar-refractivity contribution in [3.8, 4) is 0 Å². The van der Waals surface area contributed by atoms with Gasteiger partial charge in [-0.3, -0.25) is 0 Å². The van der Waals surface area contributed by atoms with E-state index in [1.54, 1.807) is 0 Å². The molecule has 4 heteroatoms. The Morgan fingerprint density at radius 1 is 0.938 bits per heavy atom. The van der Waals surface area contributed by atoms with E-state index in [4.69, 9.17) is 46.4 Å². The lowest BCUT2D eigenvalue weighted by atomic mass is 9.83. The number of hydrogen-bond acceptors (Lipinski definition) is 0. The Morgan fingerprint density at radius 3 is 1.94 bits per heavy atom. The number of rotatable bonds is 1. The summed E-state index contributed by atoms with van der Waals surface area (Å²) in [5, 5.41) is 1.37. The van der Waals surface area contributed by atoms with Crippen LogP contribution in [0.25, 0.3) is 0 Å². The van der Waals surface area contributed by atoms with E-state index in [9.17, 15) is 0 Å². The molecular weight excluding hydrogens is 286 g/mol. The first-order valence-corrected chi connectivity index (χ1v) is 6.96. The lowest BCUT2D eigenvalue weighted by Gasteiger charge is -2.33. The second kappa shape index (κ2) is 5.35. The zero-order chi connectivity index (χ0) is 11.7. The first-order chi connectivity index (χ1) is 7.61. The van der Waals surface area contributed by atoms with Crippen molar-refractivity contribution < 1.29 is 0 Å². The highest BCUT2D eigenvalue weighted by Gasteiger charge is 2.34. The van der Waals surface area contributed by atoms with Gasteiger partial charge in [-0.15, -0.1) is 23.2 Å². The normalized spacial score (nSPS) is 30.4. The Labute approximate surface area is 116 Å². The summed E-state index contributed by atoms with van der Waals surface area (Å²) in [6.45, 7) is 0. The van der Waals surface area contributed by atoms with E-state index in [0.29, 0.717) is 10.0 Å². The Morgan fingerprint density at radius 2 is 1.44 bits per heavy atom. The molecule has 0 amide bonds. The second-order valence-electron chi connectivity index (χ2n) is 4.12. The molecular formula is C12H12Cl4. The van der Waals surface area contributed by atoms with Crippen LogP contribution in [-0.2, 0) is 0 Å². The quantitative estimate of drug-likeness (QED) is 0.603. The molecule has 2 rings (SSSR count). The van der Waals surface area contributed by atoms with Gasteiger partial charge in [-0.25, -0.2) is 0 Å². The maximum atomic E-state index is 6.35. The van der Waals surface area contributed by atoms with Crippen molar-refractivity contribution in [2.24, 2.45) is 0 Å². The van der Waals surface area contributed by atoms with Gasteiger partial charge in [-0.2, -0.15) is 0 Å². The molecule has 0 aliphatic heterocycles. The largest absolute Gasteiger partial charge is 0.122 e. The predicted octanol–water partition coefficient (Wildman–Crippen LogP) is 5.48. The van der Waals surface area contributed by atoms with E-state index in [0.717, 1.165) is 24.8 Å². The Bertz CT molecular complexity index is 347. The summed E-state index contributed by atoms with van der Waals surface area (Å²) in [6.07, 6.45) is 3.01. The van der Waals surface area contributed by atoms with Crippen LogP contribution in [0.1, 0.15) is 30.7 Å². The van der Waals surface area contributed by atoms with Crippen molar-refractivity contribution >= 4 is 46.4 Å². The predicted molar refractivity (Wildman–Crippen MR) is 72.3 cm³/mol. The maximum Gasteiger partial charge on any atom is 0.0456 e. The van der Waals surface area contributed by atoms with E-state index in [1.165, 1.54) is 0 Å². The first kappa shape index (κ1) is 12.8. The van der Waals surface area contributed by atoms with Crippen LogP contribution in [-0.4, -0.2) is 10.8 Å². The highest BCUT2D eigenvalue weighted by atomic mass is 35.5. The average Bonchev–Trinajstić information content (AvgIpc) is 2.21. The van der Waals surface area contributed by atoms with Gasteiger partial charge in [0.25, 0.3) is 0 Å². The third kappa shape index (κ3) is 2.46. The Hall–Kier alpha value is 0.380. The van der Waals surface area contributed by atoms with E-state index in [-0.39, 0.29) is 16.7 Å². The van der Waals surface area contributed by atoms with Crippen molar-refractivity contribution in [2.45, 2.75) is 35.9 Å². The van der Waals surface area contributed by atoms with Crippen LogP contribution >= 0.6 is 46.4 Å². The molecule has 1 aliphatic rings. The van der Waals surface area contributed by atoms with Crippen LogP contribution in [0.3, 0.4) is 0 Å². The molecule has 0 heterocycles. The molecule has 0 radical (unpaired) electrons. The third-order valence-corrected chi connectivity index (χ3v) is 4.71. The number of hydrogen-bond donors (Lipinski definition) is 0. The first-order valence-electron chi connectivity index (χ1n) is 5.33. The van der Waals surface area contributed by atoms with Crippen LogP contribution in [0.2, 0.25) is 10.0 Å². The van der Waals surface area contributed by atoms with Gasteiger partial charge in [0.15, 0.2) is 0 Å². The zero-order valence-corrected chi connectivity index (χ0v) is 11.6. The minimum absolute atomic E-state index is 0.0219. The molecule has 2 atom stereocenters. The highest BCUT2D eigenvalue weighted by Crippen LogP contribution is 2.44. The van der Waals surface area contributed by atoms with Gasteiger partial charge < -0.3 is 0 Å². The molecule has 1 aromatic rings. The molecule has 0 spiro atoms. The molecule has 0 aromatic heterocycles. The summed E-state index contributed by atoms with van der Waals surface area (Å²) in [5.41, 5.74) is 0.908. The lowest BCUT2D eigenvalue weighted by molar-refractivity contribution is 0.458. The molecule has 2 unspecified atom stereocenters. The van der Waals surface area contributed by atoms with Gasteiger partial charge >= 0.3 is 0 Å². The van der Waals surface area contributed by atoms with Gasteiger partial charge in [0.05, 0.1) is 0 Å². The van der Waals surface area contributed by atoms with Gasteiger partial charge in [-0.1, -0.05) is 35.7 Å². The Balaban J connectivity index is 2.41. The summed E-state index contributed by atoms with van der Waals surface area (Å²) >= 11 is 25.1. The molecule has 0 bridgehead atoms. The van der Waals surface area contributed by atoms with Gasteiger partial charge in [0.2, 0.25) is 0 Å². The summed E-state index contributed by atoms with van der Waals surface area (Å²) in [6, 6.07) is 5.51. The second-order valence-corrected chi connectivity index (χ2v) is 6.06. The van der Waals surface area contributed by atoms with Crippen LogP contribution < -0.4 is 0 Å². The smallest absolute Gasteiger partial charge is 0.0456 e.